The predicted molar refractivity (Wildman–Crippen MR) is 143 cm³/mol. The molecule has 1 unspecified atom stereocenters. The molecule has 2 aromatic rings. The quantitative estimate of drug-likeness (QED) is 0.466. The SMILES string of the molecule is CC(C)c1ccc(OCC2c3ccsc3CCN2C(=O)CN(CCN2CCCC2)C(=O)C2CC2)cc1. The van der Waals surface area contributed by atoms with Gasteiger partial charge in [-0.3, -0.25) is 9.59 Å². The van der Waals surface area contributed by atoms with E-state index < -0.39 is 0 Å². The third-order valence-electron chi connectivity index (χ3n) is 7.82. The molecule has 1 saturated carbocycles. The van der Waals surface area contributed by atoms with Gasteiger partial charge in [0.25, 0.3) is 0 Å². The normalized spacial score (nSPS) is 20.0. The second-order valence-corrected chi connectivity index (χ2v) is 11.8. The molecule has 2 fully saturated rings. The van der Waals surface area contributed by atoms with Crippen LogP contribution in [0, 0.1) is 5.92 Å². The molecule has 1 atom stereocenters. The van der Waals surface area contributed by atoms with E-state index in [1.54, 1.807) is 11.3 Å². The van der Waals surface area contributed by atoms with Crippen LogP contribution in [0.2, 0.25) is 0 Å². The fourth-order valence-corrected chi connectivity index (χ4v) is 6.31. The fraction of sp³-hybridized carbons (Fsp3) is 0.586. The van der Waals surface area contributed by atoms with Crippen LogP contribution >= 0.6 is 11.3 Å². The van der Waals surface area contributed by atoms with Gasteiger partial charge in [0, 0.05) is 30.4 Å². The summed E-state index contributed by atoms with van der Waals surface area (Å²) < 4.78 is 6.23. The summed E-state index contributed by atoms with van der Waals surface area (Å²) in [6.07, 6.45) is 5.24. The lowest BCUT2D eigenvalue weighted by Crippen LogP contribution is -2.49. The van der Waals surface area contributed by atoms with Crippen LogP contribution in [0.4, 0.5) is 0 Å². The maximum absolute atomic E-state index is 13.7. The number of rotatable bonds is 10. The lowest BCUT2D eigenvalue weighted by molar-refractivity contribution is -0.143. The van der Waals surface area contributed by atoms with E-state index in [1.807, 2.05) is 21.9 Å². The first-order valence-corrected chi connectivity index (χ1v) is 14.5. The van der Waals surface area contributed by atoms with Crippen molar-refractivity contribution in [2.24, 2.45) is 5.92 Å². The number of ether oxygens (including phenoxy) is 1. The van der Waals surface area contributed by atoms with Crippen LogP contribution in [-0.4, -0.2) is 72.4 Å². The molecule has 1 aromatic carbocycles. The lowest BCUT2D eigenvalue weighted by Gasteiger charge is -2.37. The molecule has 0 radical (unpaired) electrons. The zero-order valence-electron chi connectivity index (χ0n) is 21.7. The van der Waals surface area contributed by atoms with Gasteiger partial charge in [-0.1, -0.05) is 26.0 Å². The second-order valence-electron chi connectivity index (χ2n) is 10.8. The van der Waals surface area contributed by atoms with Gasteiger partial charge in [0.05, 0.1) is 12.6 Å². The summed E-state index contributed by atoms with van der Waals surface area (Å²) in [5.74, 6) is 1.62. The van der Waals surface area contributed by atoms with Crippen LogP contribution < -0.4 is 4.74 Å². The zero-order valence-corrected chi connectivity index (χ0v) is 22.5. The molecule has 0 spiro atoms. The Labute approximate surface area is 219 Å². The standard InChI is InChI=1S/C29H39N3O3S/c1-21(2)22-7-9-24(10-8-22)35-20-26-25-12-18-36-27(25)11-15-32(26)28(33)19-31(29(34)23-5-6-23)17-16-30-13-3-4-14-30/h7-10,12,18,21,23,26H,3-6,11,13-17,19-20H2,1-2H3. The highest BCUT2D eigenvalue weighted by atomic mass is 32.1. The highest BCUT2D eigenvalue weighted by Gasteiger charge is 2.37. The molecule has 3 aliphatic rings. The number of benzene rings is 1. The minimum Gasteiger partial charge on any atom is -0.491 e. The predicted octanol–water partition coefficient (Wildman–Crippen LogP) is 4.71. The Morgan fingerprint density at radius 1 is 1.08 bits per heavy atom. The number of fused-ring (bicyclic) bond motifs is 1. The highest BCUT2D eigenvalue weighted by molar-refractivity contribution is 7.10. The van der Waals surface area contributed by atoms with Gasteiger partial charge < -0.3 is 19.4 Å². The first-order chi connectivity index (χ1) is 17.5. The highest BCUT2D eigenvalue weighted by Crippen LogP contribution is 2.35. The molecule has 2 aliphatic heterocycles. The van der Waals surface area contributed by atoms with E-state index in [4.69, 9.17) is 4.74 Å². The van der Waals surface area contributed by atoms with E-state index in [2.05, 4.69) is 42.3 Å². The van der Waals surface area contributed by atoms with Crippen LogP contribution in [0.25, 0.3) is 0 Å². The van der Waals surface area contributed by atoms with E-state index in [9.17, 15) is 9.59 Å². The minimum absolute atomic E-state index is 0.0334. The Morgan fingerprint density at radius 2 is 1.83 bits per heavy atom. The van der Waals surface area contributed by atoms with Gasteiger partial charge in [0.1, 0.15) is 12.4 Å². The molecular weight excluding hydrogens is 470 g/mol. The van der Waals surface area contributed by atoms with Crippen molar-refractivity contribution in [3.05, 3.63) is 51.7 Å². The average molecular weight is 510 g/mol. The van der Waals surface area contributed by atoms with Gasteiger partial charge in [-0.15, -0.1) is 11.3 Å². The van der Waals surface area contributed by atoms with Crippen LogP contribution in [-0.2, 0) is 16.0 Å². The smallest absolute Gasteiger partial charge is 0.242 e. The Bertz CT molecular complexity index is 1040. The van der Waals surface area contributed by atoms with E-state index >= 15 is 0 Å². The van der Waals surface area contributed by atoms with E-state index in [1.165, 1.54) is 28.8 Å². The van der Waals surface area contributed by atoms with Crippen molar-refractivity contribution in [2.75, 3.05) is 45.9 Å². The van der Waals surface area contributed by atoms with Gasteiger partial charge in [0.2, 0.25) is 11.8 Å². The molecule has 5 rings (SSSR count). The summed E-state index contributed by atoms with van der Waals surface area (Å²) >= 11 is 1.76. The van der Waals surface area contributed by atoms with Gasteiger partial charge in [-0.25, -0.2) is 0 Å². The summed E-state index contributed by atoms with van der Waals surface area (Å²) in [7, 11) is 0. The van der Waals surface area contributed by atoms with Crippen molar-refractivity contribution < 1.29 is 14.3 Å². The first-order valence-electron chi connectivity index (χ1n) is 13.6. The molecule has 1 saturated heterocycles. The Hall–Kier alpha value is -2.38. The number of amides is 2. The van der Waals surface area contributed by atoms with Crippen LogP contribution in [0.5, 0.6) is 5.75 Å². The first kappa shape index (κ1) is 25.3. The van der Waals surface area contributed by atoms with E-state index in [-0.39, 0.29) is 30.3 Å². The third-order valence-corrected chi connectivity index (χ3v) is 8.82. The van der Waals surface area contributed by atoms with Crippen LogP contribution in [0.15, 0.2) is 35.7 Å². The minimum atomic E-state index is -0.131. The topological polar surface area (TPSA) is 53.1 Å². The number of nitrogens with zero attached hydrogens (tertiary/aromatic N) is 3. The van der Waals surface area contributed by atoms with E-state index in [0.717, 1.165) is 44.6 Å². The molecule has 0 bridgehead atoms. The number of carbonyl (C=O) groups excluding carboxylic acids is 2. The molecule has 0 N–H and O–H groups in total. The van der Waals surface area contributed by atoms with Crippen molar-refractivity contribution in [2.45, 2.75) is 57.9 Å². The Kier molecular flexibility index (Phi) is 7.96. The number of hydrogen-bond acceptors (Lipinski definition) is 5. The summed E-state index contributed by atoms with van der Waals surface area (Å²) in [5.41, 5.74) is 2.47. The number of likely N-dealkylation sites (tertiary alicyclic amines) is 1. The average Bonchev–Trinajstić information content (AvgIpc) is 3.38. The van der Waals surface area contributed by atoms with Crippen molar-refractivity contribution in [3.8, 4) is 5.75 Å². The molecule has 6 nitrogen and oxygen atoms in total. The molecule has 1 aliphatic carbocycles. The van der Waals surface area contributed by atoms with Crippen LogP contribution in [0.3, 0.4) is 0 Å². The Morgan fingerprint density at radius 3 is 2.53 bits per heavy atom. The monoisotopic (exact) mass is 509 g/mol. The third kappa shape index (κ3) is 5.94. The second kappa shape index (κ2) is 11.3. The van der Waals surface area contributed by atoms with Gasteiger partial charge in [0.15, 0.2) is 0 Å². The molecule has 36 heavy (non-hydrogen) atoms. The van der Waals surface area contributed by atoms with Gasteiger partial charge in [-0.05, 0) is 85.8 Å². The maximum Gasteiger partial charge on any atom is 0.242 e. The molecule has 3 heterocycles. The fourth-order valence-electron chi connectivity index (χ4n) is 5.38. The summed E-state index contributed by atoms with van der Waals surface area (Å²) in [5, 5.41) is 2.11. The molecule has 194 valence electrons. The Balaban J connectivity index is 1.27. The maximum atomic E-state index is 13.7. The van der Waals surface area contributed by atoms with Gasteiger partial charge in [-0.2, -0.15) is 0 Å². The summed E-state index contributed by atoms with van der Waals surface area (Å²) in [4.78, 5) is 34.3. The van der Waals surface area contributed by atoms with Crippen molar-refractivity contribution in [3.63, 3.8) is 0 Å². The molecule has 7 heteroatoms. The van der Waals surface area contributed by atoms with Gasteiger partial charge >= 0.3 is 0 Å². The number of carbonyl (C=O) groups is 2. The lowest BCUT2D eigenvalue weighted by atomic mass is 10.00. The summed E-state index contributed by atoms with van der Waals surface area (Å²) in [6.45, 7) is 9.33. The molecule has 1 aromatic heterocycles. The van der Waals surface area contributed by atoms with Crippen LogP contribution in [0.1, 0.15) is 67.5 Å². The molecular formula is C29H39N3O3S. The molecule has 2 amide bonds. The largest absolute Gasteiger partial charge is 0.491 e. The van der Waals surface area contributed by atoms with E-state index in [0.29, 0.717) is 25.6 Å². The van der Waals surface area contributed by atoms with Crippen molar-refractivity contribution in [1.82, 2.24) is 14.7 Å². The van der Waals surface area contributed by atoms with Crippen molar-refractivity contribution in [1.29, 1.82) is 0 Å². The zero-order chi connectivity index (χ0) is 25.1. The number of hydrogen-bond donors (Lipinski definition) is 0. The van der Waals surface area contributed by atoms with Crippen molar-refractivity contribution >= 4 is 23.2 Å². The number of thiophene rings is 1. The summed E-state index contributed by atoms with van der Waals surface area (Å²) in [6, 6.07) is 10.3.